The monoisotopic (exact) mass is 301 g/mol. The van der Waals surface area contributed by atoms with E-state index in [-0.39, 0.29) is 24.2 Å². The second-order valence-electron chi connectivity index (χ2n) is 4.12. The zero-order chi connectivity index (χ0) is 13.8. The van der Waals surface area contributed by atoms with Gasteiger partial charge in [0.2, 0.25) is 11.8 Å². The molecule has 1 aliphatic rings. The van der Waals surface area contributed by atoms with E-state index in [4.69, 9.17) is 23.2 Å². The molecule has 19 heavy (non-hydrogen) atoms. The maximum atomic E-state index is 11.3. The van der Waals surface area contributed by atoms with Crippen LogP contribution >= 0.6 is 23.2 Å². The van der Waals surface area contributed by atoms with Gasteiger partial charge >= 0.3 is 0 Å². The molecule has 0 radical (unpaired) electrons. The Labute approximate surface area is 120 Å². The molecular formula is C12H13Cl2N3O2. The number of carbonyl (C=O) groups excluding carboxylic acids is 2. The van der Waals surface area contributed by atoms with Crippen LogP contribution in [-0.2, 0) is 9.59 Å². The number of piperazine rings is 1. The lowest BCUT2D eigenvalue weighted by atomic mass is 10.2. The molecule has 0 saturated carbocycles. The molecule has 1 aliphatic heterocycles. The molecule has 0 spiro atoms. The number of hydrogen-bond donors (Lipinski definition) is 2. The minimum absolute atomic E-state index is 0.0261. The summed E-state index contributed by atoms with van der Waals surface area (Å²) in [7, 11) is 0. The Morgan fingerprint density at radius 2 is 2.26 bits per heavy atom. The average Bonchev–Trinajstić information content (AvgIpc) is 2.38. The van der Waals surface area contributed by atoms with Crippen molar-refractivity contribution < 1.29 is 9.59 Å². The Balaban J connectivity index is 2.14. The van der Waals surface area contributed by atoms with Gasteiger partial charge in [0.1, 0.15) is 5.88 Å². The normalized spacial score (nSPS) is 15.1. The maximum absolute atomic E-state index is 11.3. The van der Waals surface area contributed by atoms with Crippen molar-refractivity contribution in [1.82, 2.24) is 5.32 Å². The lowest BCUT2D eigenvalue weighted by Crippen LogP contribution is -2.47. The van der Waals surface area contributed by atoms with Crippen molar-refractivity contribution >= 4 is 46.4 Å². The standard InChI is InChI=1S/C12H13Cl2N3O2/c13-6-11(18)16-8-1-2-10(9(14)5-8)17-4-3-15-12(19)7-17/h1-2,5H,3-4,6-7H2,(H,15,19)(H,16,18). The quantitative estimate of drug-likeness (QED) is 0.831. The molecule has 0 atom stereocenters. The SMILES string of the molecule is O=C1CN(c2ccc(NC(=O)CCl)cc2Cl)CCN1. The van der Waals surface area contributed by atoms with Crippen molar-refractivity contribution in [3.05, 3.63) is 23.2 Å². The number of carbonyl (C=O) groups is 2. The fourth-order valence-corrected chi connectivity index (χ4v) is 2.25. The first kappa shape index (κ1) is 14.0. The van der Waals surface area contributed by atoms with Gasteiger partial charge in [0, 0.05) is 18.8 Å². The zero-order valence-electron chi connectivity index (χ0n) is 10.1. The van der Waals surface area contributed by atoms with Gasteiger partial charge < -0.3 is 15.5 Å². The van der Waals surface area contributed by atoms with Gasteiger partial charge in [-0.1, -0.05) is 11.6 Å². The minimum Gasteiger partial charge on any atom is -0.359 e. The highest BCUT2D eigenvalue weighted by molar-refractivity contribution is 6.34. The molecule has 2 rings (SSSR count). The summed E-state index contributed by atoms with van der Waals surface area (Å²) in [5.41, 5.74) is 1.36. The first-order valence-corrected chi connectivity index (χ1v) is 6.68. The van der Waals surface area contributed by atoms with Crippen LogP contribution in [0.25, 0.3) is 0 Å². The van der Waals surface area contributed by atoms with Crippen molar-refractivity contribution in [2.24, 2.45) is 0 Å². The minimum atomic E-state index is -0.289. The van der Waals surface area contributed by atoms with Crippen molar-refractivity contribution in [3.63, 3.8) is 0 Å². The number of anilines is 2. The van der Waals surface area contributed by atoms with Crippen LogP contribution in [-0.4, -0.2) is 37.3 Å². The molecule has 1 heterocycles. The predicted molar refractivity (Wildman–Crippen MR) is 76.0 cm³/mol. The number of rotatable bonds is 3. The van der Waals surface area contributed by atoms with Gasteiger partial charge in [0.05, 0.1) is 17.3 Å². The average molecular weight is 302 g/mol. The molecule has 102 valence electrons. The summed E-state index contributed by atoms with van der Waals surface area (Å²) in [5, 5.41) is 5.86. The molecule has 1 aromatic carbocycles. The fourth-order valence-electron chi connectivity index (χ4n) is 1.88. The third kappa shape index (κ3) is 3.52. The van der Waals surface area contributed by atoms with E-state index in [0.29, 0.717) is 23.8 Å². The van der Waals surface area contributed by atoms with Gasteiger partial charge in [0.15, 0.2) is 0 Å². The van der Waals surface area contributed by atoms with E-state index in [1.54, 1.807) is 18.2 Å². The van der Waals surface area contributed by atoms with Gasteiger partial charge in [0.25, 0.3) is 0 Å². The van der Waals surface area contributed by atoms with Crippen molar-refractivity contribution in [2.75, 3.05) is 35.7 Å². The zero-order valence-corrected chi connectivity index (χ0v) is 11.6. The second-order valence-corrected chi connectivity index (χ2v) is 4.79. The Morgan fingerprint density at radius 3 is 2.89 bits per heavy atom. The molecule has 0 bridgehead atoms. The Kier molecular flexibility index (Phi) is 4.50. The lowest BCUT2D eigenvalue weighted by Gasteiger charge is -2.29. The largest absolute Gasteiger partial charge is 0.359 e. The third-order valence-electron chi connectivity index (χ3n) is 2.73. The molecule has 1 aromatic rings. The van der Waals surface area contributed by atoms with Crippen LogP contribution in [0.1, 0.15) is 0 Å². The summed E-state index contributed by atoms with van der Waals surface area (Å²) in [5.74, 6) is -0.421. The van der Waals surface area contributed by atoms with E-state index >= 15 is 0 Å². The highest BCUT2D eigenvalue weighted by Gasteiger charge is 2.18. The van der Waals surface area contributed by atoms with Gasteiger partial charge in [-0.25, -0.2) is 0 Å². The highest BCUT2D eigenvalue weighted by Crippen LogP contribution is 2.29. The summed E-state index contributed by atoms with van der Waals surface area (Å²) in [6.07, 6.45) is 0. The van der Waals surface area contributed by atoms with E-state index in [1.165, 1.54) is 0 Å². The number of amides is 2. The van der Waals surface area contributed by atoms with E-state index in [0.717, 1.165) is 5.69 Å². The number of nitrogens with one attached hydrogen (secondary N) is 2. The van der Waals surface area contributed by atoms with E-state index in [9.17, 15) is 9.59 Å². The Bertz CT molecular complexity index is 508. The van der Waals surface area contributed by atoms with Gasteiger partial charge in [-0.05, 0) is 18.2 Å². The summed E-state index contributed by atoms with van der Waals surface area (Å²) in [6, 6.07) is 5.16. The van der Waals surface area contributed by atoms with Crippen LogP contribution in [0.5, 0.6) is 0 Å². The molecule has 2 amide bonds. The van der Waals surface area contributed by atoms with Crippen LogP contribution in [0.2, 0.25) is 5.02 Å². The second kappa shape index (κ2) is 6.12. The lowest BCUT2D eigenvalue weighted by molar-refractivity contribution is -0.120. The van der Waals surface area contributed by atoms with Gasteiger partial charge in [-0.15, -0.1) is 11.6 Å². The highest BCUT2D eigenvalue weighted by atomic mass is 35.5. The molecule has 0 aliphatic carbocycles. The molecule has 0 unspecified atom stereocenters. The Hall–Kier alpha value is -1.46. The molecule has 0 aromatic heterocycles. The molecule has 1 saturated heterocycles. The van der Waals surface area contributed by atoms with Crippen LogP contribution < -0.4 is 15.5 Å². The summed E-state index contributed by atoms with van der Waals surface area (Å²) in [4.78, 5) is 24.4. The van der Waals surface area contributed by atoms with E-state index < -0.39 is 0 Å². The third-order valence-corrected chi connectivity index (χ3v) is 3.28. The van der Waals surface area contributed by atoms with Crippen LogP contribution in [0.15, 0.2) is 18.2 Å². The maximum Gasteiger partial charge on any atom is 0.239 e. The topological polar surface area (TPSA) is 61.4 Å². The van der Waals surface area contributed by atoms with Gasteiger partial charge in [-0.2, -0.15) is 0 Å². The Morgan fingerprint density at radius 1 is 1.47 bits per heavy atom. The number of benzene rings is 1. The first-order valence-electron chi connectivity index (χ1n) is 5.77. The van der Waals surface area contributed by atoms with Crippen molar-refractivity contribution in [2.45, 2.75) is 0 Å². The summed E-state index contributed by atoms with van der Waals surface area (Å²) < 4.78 is 0. The van der Waals surface area contributed by atoms with Crippen LogP contribution in [0.3, 0.4) is 0 Å². The number of halogens is 2. The van der Waals surface area contributed by atoms with Crippen LogP contribution in [0, 0.1) is 0 Å². The summed E-state index contributed by atoms with van der Waals surface area (Å²) >= 11 is 11.6. The number of hydrogen-bond acceptors (Lipinski definition) is 3. The van der Waals surface area contributed by atoms with Gasteiger partial charge in [-0.3, -0.25) is 9.59 Å². The molecule has 2 N–H and O–H groups in total. The van der Waals surface area contributed by atoms with Crippen LogP contribution in [0.4, 0.5) is 11.4 Å². The van der Waals surface area contributed by atoms with E-state index in [2.05, 4.69) is 10.6 Å². The van der Waals surface area contributed by atoms with Crippen molar-refractivity contribution in [1.29, 1.82) is 0 Å². The fraction of sp³-hybridized carbons (Fsp3) is 0.333. The van der Waals surface area contributed by atoms with Crippen molar-refractivity contribution in [3.8, 4) is 0 Å². The van der Waals surface area contributed by atoms with E-state index in [1.807, 2.05) is 4.90 Å². The molecule has 1 fully saturated rings. The first-order chi connectivity index (χ1) is 9.10. The molecule has 5 nitrogen and oxygen atoms in total. The summed E-state index contributed by atoms with van der Waals surface area (Å²) in [6.45, 7) is 1.59. The predicted octanol–water partition coefficient (Wildman–Crippen LogP) is 1.45. The molecular weight excluding hydrogens is 289 g/mol. The number of nitrogens with zero attached hydrogens (tertiary/aromatic N) is 1. The number of alkyl halides is 1. The molecule has 7 heteroatoms. The smallest absolute Gasteiger partial charge is 0.239 e.